The summed E-state index contributed by atoms with van der Waals surface area (Å²) in [5.74, 6) is 2.81. The molecule has 274 valence electrons. The summed E-state index contributed by atoms with van der Waals surface area (Å²) in [4.78, 5) is 14.3. The van der Waals surface area contributed by atoms with E-state index in [1.165, 1.54) is 10.9 Å². The summed E-state index contributed by atoms with van der Waals surface area (Å²) in [5.41, 5.74) is 14.3. The molecule has 0 spiro atoms. The molecule has 0 bridgehead atoms. The second kappa shape index (κ2) is 14.1. The molecule has 1 unspecified atom stereocenters. The van der Waals surface area contributed by atoms with Gasteiger partial charge in [-0.05, 0) is 57.1 Å². The molecule has 0 aliphatic carbocycles. The number of anilines is 1. The van der Waals surface area contributed by atoms with E-state index in [1.54, 1.807) is 0 Å². The highest BCUT2D eigenvalue weighted by molar-refractivity contribution is 6.15. The van der Waals surface area contributed by atoms with Crippen molar-refractivity contribution in [2.45, 2.75) is 6.17 Å². The highest BCUT2D eigenvalue weighted by atomic mass is 15.3. The summed E-state index contributed by atoms with van der Waals surface area (Å²) >= 11 is 0. The number of aromatic nitrogens is 3. The fourth-order valence-corrected chi connectivity index (χ4v) is 8.37. The van der Waals surface area contributed by atoms with Crippen molar-refractivity contribution in [1.29, 1.82) is 0 Å². The van der Waals surface area contributed by atoms with Crippen LogP contribution in [0.2, 0.25) is 0 Å². The number of nitrogens with one attached hydrogen (secondary N) is 2. The first-order valence-electron chi connectivity index (χ1n) is 19.7. The molecule has 0 amide bonds. The zero-order valence-electron chi connectivity index (χ0n) is 31.5. The lowest BCUT2D eigenvalue weighted by molar-refractivity contribution is 0.795. The molecule has 2 N–H and O–H groups in total. The van der Waals surface area contributed by atoms with Crippen molar-refractivity contribution in [2.24, 2.45) is 4.99 Å². The largest absolute Gasteiger partial charge is 0.345 e. The van der Waals surface area contributed by atoms with Crippen LogP contribution in [0.15, 0.2) is 211 Å². The molecule has 11 rings (SSSR count). The SMILES string of the molecule is c1ccc(C2=NC(c3ccccc3)Nc3c4ccccc4c(-c4ccc(-c5cccc(-c6nc7cc(-c8ccccc8)cc(-c8ccccc8)c7[nH]6)c5)cc4)n32)cc1. The molecule has 58 heavy (non-hydrogen) atoms. The second-order valence-electron chi connectivity index (χ2n) is 14.7. The lowest BCUT2D eigenvalue weighted by Crippen LogP contribution is -2.26. The molecule has 0 saturated carbocycles. The summed E-state index contributed by atoms with van der Waals surface area (Å²) < 4.78 is 2.31. The third kappa shape index (κ3) is 5.89. The molecule has 5 heteroatoms. The Labute approximate surface area is 336 Å². The van der Waals surface area contributed by atoms with Crippen LogP contribution in [-0.2, 0) is 0 Å². The minimum absolute atomic E-state index is 0.215. The molecule has 10 aromatic rings. The molecule has 1 aliphatic heterocycles. The summed E-state index contributed by atoms with van der Waals surface area (Å²) in [7, 11) is 0. The second-order valence-corrected chi connectivity index (χ2v) is 14.7. The molecular weight excluding hydrogens is 707 g/mol. The van der Waals surface area contributed by atoms with Gasteiger partial charge >= 0.3 is 0 Å². The predicted molar refractivity (Wildman–Crippen MR) is 240 cm³/mol. The molecule has 3 heterocycles. The molecule has 2 aromatic heterocycles. The molecule has 0 saturated heterocycles. The Morgan fingerprint density at radius 2 is 1.00 bits per heavy atom. The number of rotatable bonds is 7. The third-order valence-electron chi connectivity index (χ3n) is 11.2. The minimum Gasteiger partial charge on any atom is -0.345 e. The average Bonchev–Trinajstić information content (AvgIpc) is 3.90. The van der Waals surface area contributed by atoms with Crippen molar-refractivity contribution >= 4 is 33.5 Å². The van der Waals surface area contributed by atoms with Crippen LogP contribution in [0.4, 0.5) is 5.82 Å². The minimum atomic E-state index is -0.215. The van der Waals surface area contributed by atoms with E-state index >= 15 is 0 Å². The van der Waals surface area contributed by atoms with E-state index in [4.69, 9.17) is 9.98 Å². The number of benzene rings is 8. The first-order valence-corrected chi connectivity index (χ1v) is 19.7. The normalized spacial score (nSPS) is 13.6. The van der Waals surface area contributed by atoms with E-state index in [1.807, 2.05) is 6.07 Å². The van der Waals surface area contributed by atoms with Gasteiger partial charge in [-0.2, -0.15) is 0 Å². The van der Waals surface area contributed by atoms with Crippen molar-refractivity contribution < 1.29 is 0 Å². The van der Waals surface area contributed by atoms with Crippen LogP contribution in [0.1, 0.15) is 17.3 Å². The number of imidazole rings is 1. The van der Waals surface area contributed by atoms with Gasteiger partial charge in [0.2, 0.25) is 0 Å². The van der Waals surface area contributed by atoms with Crippen LogP contribution < -0.4 is 5.32 Å². The van der Waals surface area contributed by atoms with Gasteiger partial charge in [-0.25, -0.2) is 9.98 Å². The Balaban J connectivity index is 0.987. The Kier molecular flexibility index (Phi) is 8.14. The third-order valence-corrected chi connectivity index (χ3v) is 11.2. The van der Waals surface area contributed by atoms with E-state index in [-0.39, 0.29) is 6.17 Å². The Morgan fingerprint density at radius 1 is 0.431 bits per heavy atom. The van der Waals surface area contributed by atoms with Gasteiger partial charge in [-0.1, -0.05) is 188 Å². The van der Waals surface area contributed by atoms with Gasteiger partial charge in [0.05, 0.1) is 16.7 Å². The van der Waals surface area contributed by atoms with E-state index in [0.717, 1.165) is 89.7 Å². The van der Waals surface area contributed by atoms with Crippen LogP contribution in [0.25, 0.3) is 77.8 Å². The van der Waals surface area contributed by atoms with Gasteiger partial charge in [0.15, 0.2) is 0 Å². The van der Waals surface area contributed by atoms with Crippen LogP contribution in [0.5, 0.6) is 0 Å². The Morgan fingerprint density at radius 3 is 1.72 bits per heavy atom. The van der Waals surface area contributed by atoms with E-state index in [9.17, 15) is 0 Å². The van der Waals surface area contributed by atoms with E-state index < -0.39 is 0 Å². The molecular formula is C53H37N5. The highest BCUT2D eigenvalue weighted by Crippen LogP contribution is 2.43. The van der Waals surface area contributed by atoms with Crippen LogP contribution in [0.3, 0.4) is 0 Å². The maximum absolute atomic E-state index is 5.37. The average molecular weight is 744 g/mol. The molecule has 0 fully saturated rings. The number of nitrogens with zero attached hydrogens (tertiary/aromatic N) is 3. The summed E-state index contributed by atoms with van der Waals surface area (Å²) in [5, 5.41) is 6.14. The smallest absolute Gasteiger partial charge is 0.148 e. The zero-order chi connectivity index (χ0) is 38.4. The van der Waals surface area contributed by atoms with Crippen molar-refractivity contribution in [2.75, 3.05) is 5.32 Å². The maximum Gasteiger partial charge on any atom is 0.148 e. The number of hydrogen-bond acceptors (Lipinski definition) is 3. The summed E-state index contributed by atoms with van der Waals surface area (Å²) in [6, 6.07) is 72.8. The Bertz CT molecular complexity index is 3110. The highest BCUT2D eigenvalue weighted by Gasteiger charge is 2.29. The molecule has 1 atom stereocenters. The fraction of sp³-hybridized carbons (Fsp3) is 0.0189. The van der Waals surface area contributed by atoms with E-state index in [2.05, 4.69) is 215 Å². The predicted octanol–water partition coefficient (Wildman–Crippen LogP) is 13.3. The van der Waals surface area contributed by atoms with E-state index in [0.29, 0.717) is 0 Å². The Hall–Kier alpha value is -7.76. The van der Waals surface area contributed by atoms with Gasteiger partial charge in [0.25, 0.3) is 0 Å². The van der Waals surface area contributed by atoms with Crippen molar-refractivity contribution in [3.63, 3.8) is 0 Å². The number of hydrogen-bond donors (Lipinski definition) is 2. The van der Waals surface area contributed by atoms with Crippen molar-refractivity contribution in [1.82, 2.24) is 14.5 Å². The van der Waals surface area contributed by atoms with Crippen LogP contribution in [0, 0.1) is 0 Å². The zero-order valence-corrected chi connectivity index (χ0v) is 31.5. The van der Waals surface area contributed by atoms with Gasteiger partial charge in [0, 0.05) is 27.5 Å². The topological polar surface area (TPSA) is 58.0 Å². The van der Waals surface area contributed by atoms with Gasteiger partial charge < -0.3 is 10.3 Å². The number of aliphatic imine (C=N–C) groups is 1. The first-order chi connectivity index (χ1) is 28.7. The molecule has 0 radical (unpaired) electrons. The van der Waals surface area contributed by atoms with Gasteiger partial charge in [-0.3, -0.25) is 4.57 Å². The van der Waals surface area contributed by atoms with Crippen molar-refractivity contribution in [3.8, 4) is 56.0 Å². The molecule has 8 aromatic carbocycles. The van der Waals surface area contributed by atoms with Crippen molar-refractivity contribution in [3.05, 3.63) is 217 Å². The number of aromatic amines is 1. The number of H-pyrrole nitrogens is 1. The van der Waals surface area contributed by atoms with Crippen LogP contribution in [-0.4, -0.2) is 20.4 Å². The van der Waals surface area contributed by atoms with Crippen LogP contribution >= 0.6 is 0 Å². The first kappa shape index (κ1) is 33.6. The van der Waals surface area contributed by atoms with Gasteiger partial charge in [0.1, 0.15) is 23.6 Å². The monoisotopic (exact) mass is 743 g/mol. The maximum atomic E-state index is 5.37. The quantitative estimate of drug-likeness (QED) is 0.171. The lowest BCUT2D eigenvalue weighted by Gasteiger charge is -2.27. The standard InChI is InChI=1S/C53H37N5/c1-5-16-35(17-6-1)43-33-46(37-18-7-2-8-19-37)48-47(34-43)54-51(55-48)42-25-15-24-41(32-42)36-28-30-38(31-29-36)49-44-26-13-14-27-45(44)53-57-50(39-20-9-3-10-21-39)56-52(58(49)53)40-22-11-4-12-23-40/h1-34,50,57H,(H,54,55). The lowest BCUT2D eigenvalue weighted by atomic mass is 9.97. The number of fused-ring (bicyclic) bond motifs is 4. The fourth-order valence-electron chi connectivity index (χ4n) is 8.37. The molecule has 5 nitrogen and oxygen atoms in total. The summed E-state index contributed by atoms with van der Waals surface area (Å²) in [6.07, 6.45) is -0.215. The summed E-state index contributed by atoms with van der Waals surface area (Å²) in [6.45, 7) is 0. The molecule has 1 aliphatic rings. The van der Waals surface area contributed by atoms with Gasteiger partial charge in [-0.15, -0.1) is 0 Å².